The largest absolute Gasteiger partial charge is 0.472 e. The van der Waals surface area contributed by atoms with E-state index in [0.29, 0.717) is 5.88 Å². The molecule has 152 valence electrons. The lowest BCUT2D eigenvalue weighted by atomic mass is 10.1. The van der Waals surface area contributed by atoms with Gasteiger partial charge in [-0.1, -0.05) is 24.3 Å². The van der Waals surface area contributed by atoms with E-state index in [9.17, 15) is 4.79 Å². The Balaban J connectivity index is 1.48. The van der Waals surface area contributed by atoms with Gasteiger partial charge in [0.1, 0.15) is 0 Å². The molecule has 0 bridgehead atoms. The Hall–Kier alpha value is -2.93. The van der Waals surface area contributed by atoms with Crippen LogP contribution in [-0.4, -0.2) is 62.4 Å². The third kappa shape index (κ3) is 4.24. The fourth-order valence-corrected chi connectivity index (χ4v) is 3.68. The predicted molar refractivity (Wildman–Crippen MR) is 112 cm³/mol. The number of amides is 1. The van der Waals surface area contributed by atoms with Crippen molar-refractivity contribution in [2.45, 2.75) is 33.4 Å². The van der Waals surface area contributed by atoms with E-state index in [1.807, 2.05) is 35.5 Å². The van der Waals surface area contributed by atoms with E-state index in [1.54, 1.807) is 13.1 Å². The molecule has 0 unspecified atom stereocenters. The van der Waals surface area contributed by atoms with Gasteiger partial charge in [-0.2, -0.15) is 0 Å². The summed E-state index contributed by atoms with van der Waals surface area (Å²) in [5.74, 6) is 0.717. The molecule has 7 heteroatoms. The number of imidazole rings is 1. The second kappa shape index (κ2) is 8.21. The van der Waals surface area contributed by atoms with Crippen molar-refractivity contribution in [3.05, 3.63) is 48.4 Å². The van der Waals surface area contributed by atoms with Crippen molar-refractivity contribution in [2.24, 2.45) is 0 Å². The number of rotatable bonds is 5. The van der Waals surface area contributed by atoms with Gasteiger partial charge in [-0.3, -0.25) is 14.1 Å². The maximum atomic E-state index is 11.5. The molecule has 1 aromatic carbocycles. The number of hydrogen-bond donors (Lipinski definition) is 0. The minimum atomic E-state index is 0.0467. The molecule has 1 fully saturated rings. The van der Waals surface area contributed by atoms with Crippen molar-refractivity contribution in [3.8, 4) is 17.1 Å². The Labute approximate surface area is 170 Å². The first-order chi connectivity index (χ1) is 14.0. The Bertz CT molecular complexity index is 988. The van der Waals surface area contributed by atoms with E-state index in [0.717, 1.165) is 49.6 Å². The number of carbonyl (C=O) groups excluding carboxylic acids is 1. The molecule has 4 rings (SSSR count). The number of piperazine rings is 1. The van der Waals surface area contributed by atoms with Crippen LogP contribution in [0.3, 0.4) is 0 Å². The van der Waals surface area contributed by atoms with Gasteiger partial charge in [0.15, 0.2) is 0 Å². The zero-order chi connectivity index (χ0) is 20.4. The molecule has 0 aliphatic carbocycles. The lowest BCUT2D eigenvalue weighted by Crippen LogP contribution is -2.47. The second-order valence-corrected chi connectivity index (χ2v) is 7.72. The van der Waals surface area contributed by atoms with Crippen LogP contribution in [0.4, 0.5) is 0 Å². The van der Waals surface area contributed by atoms with Gasteiger partial charge >= 0.3 is 0 Å². The normalized spacial score (nSPS) is 15.2. The predicted octanol–water partition coefficient (Wildman–Crippen LogP) is 2.85. The highest BCUT2D eigenvalue weighted by Crippen LogP contribution is 2.25. The Morgan fingerprint density at radius 3 is 2.48 bits per heavy atom. The van der Waals surface area contributed by atoms with Crippen LogP contribution >= 0.6 is 0 Å². The van der Waals surface area contributed by atoms with E-state index in [1.165, 1.54) is 5.56 Å². The summed E-state index contributed by atoms with van der Waals surface area (Å²) in [7, 11) is 0. The molecular weight excluding hydrogens is 366 g/mol. The van der Waals surface area contributed by atoms with Crippen molar-refractivity contribution in [1.82, 2.24) is 24.2 Å². The average molecular weight is 393 g/mol. The standard InChI is InChI=1S/C22H27N5O2/c1-16(2)29-22-21-24-14-20(27(21)9-8-23-22)19-6-4-18(5-7-19)15-25-10-12-26(13-11-25)17(3)28/h4-9,14,16H,10-13,15H2,1-3H3. The van der Waals surface area contributed by atoms with Gasteiger partial charge < -0.3 is 9.64 Å². The third-order valence-electron chi connectivity index (χ3n) is 5.22. The van der Waals surface area contributed by atoms with Crippen LogP contribution in [0, 0.1) is 0 Å². The monoisotopic (exact) mass is 393 g/mol. The molecule has 0 atom stereocenters. The third-order valence-corrected chi connectivity index (χ3v) is 5.22. The van der Waals surface area contributed by atoms with Crippen LogP contribution in [0.2, 0.25) is 0 Å². The molecule has 3 heterocycles. The number of carbonyl (C=O) groups is 1. The molecule has 7 nitrogen and oxygen atoms in total. The molecular formula is C22H27N5O2. The average Bonchev–Trinajstić information content (AvgIpc) is 3.14. The highest BCUT2D eigenvalue weighted by molar-refractivity contribution is 5.73. The first-order valence-corrected chi connectivity index (χ1v) is 10.1. The number of fused-ring (bicyclic) bond motifs is 1. The summed E-state index contributed by atoms with van der Waals surface area (Å²) in [6.07, 6.45) is 5.56. The van der Waals surface area contributed by atoms with Gasteiger partial charge in [0.25, 0.3) is 5.88 Å². The van der Waals surface area contributed by atoms with Crippen LogP contribution in [-0.2, 0) is 11.3 Å². The number of hydrogen-bond acceptors (Lipinski definition) is 5. The molecule has 1 aliphatic rings. The quantitative estimate of drug-likeness (QED) is 0.667. The highest BCUT2D eigenvalue weighted by Gasteiger charge is 2.18. The molecule has 0 N–H and O–H groups in total. The van der Waals surface area contributed by atoms with Gasteiger partial charge in [0.05, 0.1) is 18.0 Å². The van der Waals surface area contributed by atoms with Crippen molar-refractivity contribution < 1.29 is 9.53 Å². The maximum Gasteiger partial charge on any atom is 0.258 e. The van der Waals surface area contributed by atoms with Gasteiger partial charge in [-0.25, -0.2) is 9.97 Å². The fraction of sp³-hybridized carbons (Fsp3) is 0.409. The van der Waals surface area contributed by atoms with Crippen LogP contribution in [0.1, 0.15) is 26.3 Å². The molecule has 0 radical (unpaired) electrons. The van der Waals surface area contributed by atoms with Crippen molar-refractivity contribution in [3.63, 3.8) is 0 Å². The Morgan fingerprint density at radius 1 is 1.10 bits per heavy atom. The maximum absolute atomic E-state index is 11.5. The minimum absolute atomic E-state index is 0.0467. The zero-order valence-electron chi connectivity index (χ0n) is 17.2. The molecule has 1 aliphatic heterocycles. The van der Waals surface area contributed by atoms with Gasteiger partial charge in [-0.05, 0) is 19.4 Å². The summed E-state index contributed by atoms with van der Waals surface area (Å²) in [5.41, 5.74) is 4.11. The van der Waals surface area contributed by atoms with Crippen molar-refractivity contribution in [2.75, 3.05) is 26.2 Å². The van der Waals surface area contributed by atoms with Gasteiger partial charge in [0, 0.05) is 57.6 Å². The van der Waals surface area contributed by atoms with Crippen LogP contribution in [0.15, 0.2) is 42.9 Å². The van der Waals surface area contributed by atoms with E-state index in [-0.39, 0.29) is 12.0 Å². The molecule has 1 saturated heterocycles. The van der Waals surface area contributed by atoms with Crippen LogP contribution in [0.25, 0.3) is 16.9 Å². The van der Waals surface area contributed by atoms with E-state index in [2.05, 4.69) is 39.1 Å². The second-order valence-electron chi connectivity index (χ2n) is 7.72. The van der Waals surface area contributed by atoms with Crippen molar-refractivity contribution in [1.29, 1.82) is 0 Å². The van der Waals surface area contributed by atoms with Crippen molar-refractivity contribution >= 4 is 11.6 Å². The van der Waals surface area contributed by atoms with Gasteiger partial charge in [-0.15, -0.1) is 0 Å². The first kappa shape index (κ1) is 19.4. The van der Waals surface area contributed by atoms with E-state index >= 15 is 0 Å². The van der Waals surface area contributed by atoms with E-state index in [4.69, 9.17) is 4.74 Å². The fourth-order valence-electron chi connectivity index (χ4n) is 3.68. The zero-order valence-corrected chi connectivity index (χ0v) is 17.2. The van der Waals surface area contributed by atoms with Gasteiger partial charge in [0.2, 0.25) is 11.6 Å². The molecule has 1 amide bonds. The smallest absolute Gasteiger partial charge is 0.258 e. The summed E-state index contributed by atoms with van der Waals surface area (Å²) in [6.45, 7) is 9.95. The van der Waals surface area contributed by atoms with E-state index < -0.39 is 0 Å². The summed E-state index contributed by atoms with van der Waals surface area (Å²) in [5, 5.41) is 0. The number of ether oxygens (including phenoxy) is 1. The lowest BCUT2D eigenvalue weighted by Gasteiger charge is -2.34. The molecule has 29 heavy (non-hydrogen) atoms. The minimum Gasteiger partial charge on any atom is -0.472 e. The molecule has 2 aromatic heterocycles. The topological polar surface area (TPSA) is 63.0 Å². The first-order valence-electron chi connectivity index (χ1n) is 10.1. The number of benzene rings is 1. The Kier molecular flexibility index (Phi) is 5.49. The summed E-state index contributed by atoms with van der Waals surface area (Å²) >= 11 is 0. The molecule has 3 aromatic rings. The Morgan fingerprint density at radius 2 is 1.83 bits per heavy atom. The highest BCUT2D eigenvalue weighted by atomic mass is 16.5. The number of aromatic nitrogens is 3. The molecule has 0 spiro atoms. The summed E-state index contributed by atoms with van der Waals surface area (Å²) in [4.78, 5) is 24.6. The lowest BCUT2D eigenvalue weighted by molar-refractivity contribution is -0.130. The number of nitrogens with zero attached hydrogens (tertiary/aromatic N) is 5. The van der Waals surface area contributed by atoms with Crippen LogP contribution < -0.4 is 4.74 Å². The molecule has 0 saturated carbocycles. The summed E-state index contributed by atoms with van der Waals surface area (Å²) < 4.78 is 7.79. The SMILES string of the molecule is CC(=O)N1CCN(Cc2ccc(-c3cnc4c(OC(C)C)nccn34)cc2)CC1. The summed E-state index contributed by atoms with van der Waals surface area (Å²) in [6, 6.07) is 8.60. The van der Waals surface area contributed by atoms with Crippen LogP contribution in [0.5, 0.6) is 5.88 Å².